The topological polar surface area (TPSA) is 21.3 Å². The van der Waals surface area contributed by atoms with Crippen LogP contribution < -0.4 is 5.23 Å². The van der Waals surface area contributed by atoms with Crippen LogP contribution in [0, 0.1) is 11.8 Å². The van der Waals surface area contributed by atoms with E-state index in [0.29, 0.717) is 6.61 Å². The monoisotopic (exact) mass is 152 g/mol. The standard InChI is InChI=1S/C8H15BNO/c1-3-4-7-11-8-5-6-10-9-2/h10H,5-8H2,1-2H3. The van der Waals surface area contributed by atoms with Gasteiger partial charge in [0, 0.05) is 6.61 Å². The van der Waals surface area contributed by atoms with Gasteiger partial charge >= 0.3 is 0 Å². The quantitative estimate of drug-likeness (QED) is 0.343. The largest absolute Gasteiger partial charge is 0.369 e. The van der Waals surface area contributed by atoms with Crippen LogP contribution in [0.1, 0.15) is 13.3 Å². The zero-order valence-electron chi connectivity index (χ0n) is 7.31. The molecule has 2 nitrogen and oxygen atoms in total. The molecule has 0 aromatic heterocycles. The third-order valence-electron chi connectivity index (χ3n) is 1.16. The van der Waals surface area contributed by atoms with E-state index >= 15 is 0 Å². The van der Waals surface area contributed by atoms with E-state index in [1.54, 1.807) is 0 Å². The molecule has 0 saturated carbocycles. The Labute approximate surface area is 70.0 Å². The summed E-state index contributed by atoms with van der Waals surface area (Å²) in [5.74, 6) is 5.61. The summed E-state index contributed by atoms with van der Waals surface area (Å²) < 4.78 is 5.19. The van der Waals surface area contributed by atoms with Crippen LogP contribution in [0.25, 0.3) is 0 Å². The molecule has 0 unspecified atom stereocenters. The molecule has 0 aromatic carbocycles. The van der Waals surface area contributed by atoms with E-state index in [4.69, 9.17) is 4.74 Å². The van der Waals surface area contributed by atoms with Gasteiger partial charge in [0.1, 0.15) is 6.61 Å². The molecule has 0 bridgehead atoms. The molecule has 0 amide bonds. The number of hydrogen-bond acceptors (Lipinski definition) is 2. The van der Waals surface area contributed by atoms with E-state index in [1.165, 1.54) is 0 Å². The van der Waals surface area contributed by atoms with Crippen molar-refractivity contribution in [2.75, 3.05) is 19.8 Å². The Morgan fingerprint density at radius 2 is 2.36 bits per heavy atom. The fraction of sp³-hybridized carbons (Fsp3) is 0.750. The molecule has 61 valence electrons. The average Bonchev–Trinajstić information content (AvgIpc) is 2.03. The Bertz CT molecular complexity index is 128. The van der Waals surface area contributed by atoms with Crippen LogP contribution in [0.5, 0.6) is 0 Å². The van der Waals surface area contributed by atoms with Gasteiger partial charge in [0.05, 0.1) is 0 Å². The molecule has 0 fully saturated rings. The number of hydrogen-bond donors (Lipinski definition) is 1. The smallest absolute Gasteiger partial charge is 0.201 e. The highest BCUT2D eigenvalue weighted by Gasteiger charge is 1.85. The fourth-order valence-corrected chi connectivity index (χ4v) is 0.616. The molecule has 0 heterocycles. The van der Waals surface area contributed by atoms with E-state index < -0.39 is 0 Å². The highest BCUT2D eigenvalue weighted by Crippen LogP contribution is 1.79. The second kappa shape index (κ2) is 9.54. The summed E-state index contributed by atoms with van der Waals surface area (Å²) in [5.41, 5.74) is 0. The van der Waals surface area contributed by atoms with Gasteiger partial charge in [-0.25, -0.2) is 0 Å². The molecule has 0 aliphatic carbocycles. The molecule has 3 heteroatoms. The highest BCUT2D eigenvalue weighted by molar-refractivity contribution is 6.29. The van der Waals surface area contributed by atoms with Gasteiger partial charge in [0.15, 0.2) is 0 Å². The third-order valence-corrected chi connectivity index (χ3v) is 1.16. The predicted octanol–water partition coefficient (Wildman–Crippen LogP) is 0.673. The summed E-state index contributed by atoms with van der Waals surface area (Å²) >= 11 is 0. The van der Waals surface area contributed by atoms with Crippen molar-refractivity contribution in [3.05, 3.63) is 0 Å². The first-order valence-electron chi connectivity index (χ1n) is 3.90. The van der Waals surface area contributed by atoms with Gasteiger partial charge in [0.25, 0.3) is 0 Å². The molecular weight excluding hydrogens is 137 g/mol. The Morgan fingerprint density at radius 3 is 3.00 bits per heavy atom. The molecule has 0 aliphatic rings. The zero-order chi connectivity index (χ0) is 8.36. The average molecular weight is 152 g/mol. The molecule has 1 radical (unpaired) electrons. The van der Waals surface area contributed by atoms with Crippen LogP contribution in [-0.4, -0.2) is 27.2 Å². The molecule has 0 saturated heterocycles. The number of nitrogens with one attached hydrogen (secondary N) is 1. The van der Waals surface area contributed by atoms with Crippen molar-refractivity contribution in [3.63, 3.8) is 0 Å². The maximum Gasteiger partial charge on any atom is 0.201 e. The van der Waals surface area contributed by atoms with E-state index in [-0.39, 0.29) is 0 Å². The Hall–Kier alpha value is -0.455. The third kappa shape index (κ3) is 9.54. The minimum absolute atomic E-state index is 0.562. The maximum absolute atomic E-state index is 5.19. The van der Waals surface area contributed by atoms with Crippen molar-refractivity contribution in [3.8, 4) is 11.8 Å². The summed E-state index contributed by atoms with van der Waals surface area (Å²) in [7, 11) is 1.94. The van der Waals surface area contributed by atoms with Crippen LogP contribution in [-0.2, 0) is 4.74 Å². The molecular formula is C8H15BNO. The van der Waals surface area contributed by atoms with Gasteiger partial charge in [-0.05, 0) is 19.9 Å². The summed E-state index contributed by atoms with van der Waals surface area (Å²) in [5, 5.41) is 3.10. The Balaban J connectivity index is 2.83. The van der Waals surface area contributed by atoms with Crippen LogP contribution in [0.2, 0.25) is 6.82 Å². The molecule has 0 aliphatic heterocycles. The summed E-state index contributed by atoms with van der Waals surface area (Å²) in [6, 6.07) is 0. The van der Waals surface area contributed by atoms with Gasteiger partial charge in [-0.2, -0.15) is 0 Å². The number of ether oxygens (including phenoxy) is 1. The first-order valence-corrected chi connectivity index (χ1v) is 3.90. The van der Waals surface area contributed by atoms with Gasteiger partial charge in [-0.3, -0.25) is 0 Å². The van der Waals surface area contributed by atoms with Gasteiger partial charge in [-0.15, -0.1) is 5.92 Å². The van der Waals surface area contributed by atoms with Crippen molar-refractivity contribution < 1.29 is 4.74 Å². The van der Waals surface area contributed by atoms with Crippen molar-refractivity contribution in [2.24, 2.45) is 0 Å². The molecule has 0 spiro atoms. The Morgan fingerprint density at radius 1 is 1.55 bits per heavy atom. The molecule has 0 aromatic rings. The second-order valence-corrected chi connectivity index (χ2v) is 2.08. The van der Waals surface area contributed by atoms with Crippen molar-refractivity contribution in [1.82, 2.24) is 5.23 Å². The van der Waals surface area contributed by atoms with Gasteiger partial charge in [-0.1, -0.05) is 12.7 Å². The van der Waals surface area contributed by atoms with E-state index in [2.05, 4.69) is 17.1 Å². The summed E-state index contributed by atoms with van der Waals surface area (Å²) in [4.78, 5) is 0. The molecule has 11 heavy (non-hydrogen) atoms. The van der Waals surface area contributed by atoms with E-state index in [0.717, 1.165) is 19.6 Å². The fourth-order valence-electron chi connectivity index (χ4n) is 0.616. The lowest BCUT2D eigenvalue weighted by molar-refractivity contribution is 0.165. The minimum atomic E-state index is 0.562. The lowest BCUT2D eigenvalue weighted by Gasteiger charge is -1.99. The number of rotatable bonds is 6. The first kappa shape index (κ1) is 10.5. The summed E-state index contributed by atoms with van der Waals surface area (Å²) in [6.07, 6.45) is 1.04. The highest BCUT2D eigenvalue weighted by atomic mass is 16.5. The predicted molar refractivity (Wildman–Crippen MR) is 48.5 cm³/mol. The lowest BCUT2D eigenvalue weighted by atomic mass is 10.0. The van der Waals surface area contributed by atoms with E-state index in [1.807, 2.05) is 21.2 Å². The maximum atomic E-state index is 5.19. The van der Waals surface area contributed by atoms with Crippen molar-refractivity contribution in [2.45, 2.75) is 20.2 Å². The van der Waals surface area contributed by atoms with Crippen molar-refractivity contribution >= 4 is 7.41 Å². The van der Waals surface area contributed by atoms with Crippen LogP contribution in [0.4, 0.5) is 0 Å². The SMILES string of the molecule is C[B]NCCCOCC#CC. The Kier molecular flexibility index (Phi) is 9.15. The van der Waals surface area contributed by atoms with Crippen LogP contribution in [0.15, 0.2) is 0 Å². The second-order valence-electron chi connectivity index (χ2n) is 2.08. The van der Waals surface area contributed by atoms with Crippen molar-refractivity contribution in [1.29, 1.82) is 0 Å². The van der Waals surface area contributed by atoms with Crippen LogP contribution >= 0.6 is 0 Å². The normalized spacial score (nSPS) is 8.55. The molecule has 0 rings (SSSR count). The van der Waals surface area contributed by atoms with E-state index in [9.17, 15) is 0 Å². The van der Waals surface area contributed by atoms with Gasteiger partial charge < -0.3 is 9.96 Å². The first-order chi connectivity index (χ1) is 5.41. The molecule has 1 N–H and O–H groups in total. The molecule has 0 atom stereocenters. The minimum Gasteiger partial charge on any atom is -0.369 e. The summed E-state index contributed by atoms with van der Waals surface area (Å²) in [6.45, 7) is 6.12. The zero-order valence-corrected chi connectivity index (χ0v) is 7.31. The van der Waals surface area contributed by atoms with Crippen LogP contribution in [0.3, 0.4) is 0 Å². The van der Waals surface area contributed by atoms with Gasteiger partial charge in [0.2, 0.25) is 7.41 Å². The lowest BCUT2D eigenvalue weighted by Crippen LogP contribution is -2.18.